The van der Waals surface area contributed by atoms with E-state index in [1.807, 2.05) is 6.20 Å². The number of carbonyl (C=O) groups excluding carboxylic acids is 1. The summed E-state index contributed by atoms with van der Waals surface area (Å²) in [7, 11) is 0. The highest BCUT2D eigenvalue weighted by atomic mass is 19.1. The monoisotopic (exact) mass is 272 g/mol. The molecule has 0 aliphatic rings. The zero-order valence-electron chi connectivity index (χ0n) is 10.6. The third-order valence-electron chi connectivity index (χ3n) is 3.15. The normalized spacial score (nSPS) is 10.8. The molecule has 20 heavy (non-hydrogen) atoms. The Labute approximate surface area is 114 Å². The molecular formula is C14H13FN4O. The molecule has 0 spiro atoms. The van der Waals surface area contributed by atoms with Gasteiger partial charge < -0.3 is 10.3 Å². The minimum absolute atomic E-state index is 0.187. The minimum atomic E-state index is -0.265. The lowest BCUT2D eigenvalue weighted by atomic mass is 10.1. The first-order valence-electron chi connectivity index (χ1n) is 6.27. The van der Waals surface area contributed by atoms with E-state index in [2.05, 4.69) is 20.5 Å². The number of hydrogen-bond acceptors (Lipinski definition) is 2. The second-order valence-corrected chi connectivity index (χ2v) is 4.48. The van der Waals surface area contributed by atoms with Crippen molar-refractivity contribution in [1.29, 1.82) is 0 Å². The van der Waals surface area contributed by atoms with Gasteiger partial charge in [0.25, 0.3) is 5.91 Å². The summed E-state index contributed by atoms with van der Waals surface area (Å²) in [6.07, 6.45) is 4.04. The number of nitrogens with one attached hydrogen (secondary N) is 3. The van der Waals surface area contributed by atoms with Crippen LogP contribution in [-0.4, -0.2) is 27.6 Å². The average molecular weight is 272 g/mol. The minimum Gasteiger partial charge on any atom is -0.361 e. The molecule has 0 saturated heterocycles. The van der Waals surface area contributed by atoms with Crippen LogP contribution in [0, 0.1) is 5.82 Å². The van der Waals surface area contributed by atoms with Crippen LogP contribution in [0.25, 0.3) is 10.9 Å². The molecule has 0 fully saturated rings. The number of carbonyl (C=O) groups is 1. The lowest BCUT2D eigenvalue weighted by Gasteiger charge is -2.03. The Morgan fingerprint density at radius 1 is 1.35 bits per heavy atom. The number of fused-ring (bicyclic) bond motifs is 1. The predicted molar refractivity (Wildman–Crippen MR) is 72.9 cm³/mol. The van der Waals surface area contributed by atoms with Gasteiger partial charge in [-0.3, -0.25) is 9.89 Å². The third kappa shape index (κ3) is 2.40. The van der Waals surface area contributed by atoms with Gasteiger partial charge in [0, 0.05) is 29.8 Å². The smallest absolute Gasteiger partial charge is 0.269 e. The lowest BCUT2D eigenvalue weighted by Crippen LogP contribution is -2.25. The highest BCUT2D eigenvalue weighted by Crippen LogP contribution is 2.19. The van der Waals surface area contributed by atoms with Crippen LogP contribution in [0.4, 0.5) is 4.39 Å². The van der Waals surface area contributed by atoms with Crippen LogP contribution in [0.3, 0.4) is 0 Å². The Bertz CT molecular complexity index is 733. The topological polar surface area (TPSA) is 73.6 Å². The first-order chi connectivity index (χ1) is 9.74. The Morgan fingerprint density at radius 3 is 3.05 bits per heavy atom. The molecule has 6 heteroatoms. The number of H-pyrrole nitrogens is 2. The molecule has 0 aliphatic heterocycles. The van der Waals surface area contributed by atoms with Crippen LogP contribution in [0.2, 0.25) is 0 Å². The van der Waals surface area contributed by atoms with Crippen molar-refractivity contribution in [1.82, 2.24) is 20.5 Å². The zero-order chi connectivity index (χ0) is 13.9. The first-order valence-corrected chi connectivity index (χ1v) is 6.27. The number of aromatic nitrogens is 3. The van der Waals surface area contributed by atoms with Crippen molar-refractivity contribution >= 4 is 16.8 Å². The van der Waals surface area contributed by atoms with Gasteiger partial charge in [-0.15, -0.1) is 0 Å². The summed E-state index contributed by atoms with van der Waals surface area (Å²) in [5, 5.41) is 10.1. The highest BCUT2D eigenvalue weighted by Gasteiger charge is 2.07. The summed E-state index contributed by atoms with van der Waals surface area (Å²) in [6.45, 7) is 0.502. The average Bonchev–Trinajstić information content (AvgIpc) is 3.08. The lowest BCUT2D eigenvalue weighted by molar-refractivity contribution is 0.0949. The van der Waals surface area contributed by atoms with Crippen LogP contribution >= 0.6 is 0 Å². The van der Waals surface area contributed by atoms with E-state index in [9.17, 15) is 9.18 Å². The number of hydrogen-bond donors (Lipinski definition) is 3. The summed E-state index contributed by atoms with van der Waals surface area (Å²) in [5.74, 6) is -0.452. The number of halogens is 1. The van der Waals surface area contributed by atoms with Crippen molar-refractivity contribution in [2.75, 3.05) is 6.54 Å². The maximum Gasteiger partial charge on any atom is 0.269 e. The third-order valence-corrected chi connectivity index (χ3v) is 3.15. The molecule has 3 N–H and O–H groups in total. The number of nitrogens with zero attached hydrogens (tertiary/aromatic N) is 1. The number of aromatic amines is 2. The molecule has 2 aromatic heterocycles. The first kappa shape index (κ1) is 12.4. The molecule has 1 amide bonds. The van der Waals surface area contributed by atoms with Crippen molar-refractivity contribution in [2.24, 2.45) is 0 Å². The van der Waals surface area contributed by atoms with E-state index in [1.54, 1.807) is 12.1 Å². The van der Waals surface area contributed by atoms with E-state index in [0.717, 1.165) is 16.5 Å². The summed E-state index contributed by atoms with van der Waals surface area (Å²) < 4.78 is 13.1. The molecule has 102 valence electrons. The number of benzene rings is 1. The van der Waals surface area contributed by atoms with Crippen LogP contribution in [0.1, 0.15) is 16.1 Å². The fourth-order valence-corrected chi connectivity index (χ4v) is 2.15. The van der Waals surface area contributed by atoms with E-state index < -0.39 is 0 Å². The van der Waals surface area contributed by atoms with Crippen LogP contribution in [0.15, 0.2) is 36.7 Å². The highest BCUT2D eigenvalue weighted by molar-refractivity contribution is 5.92. The van der Waals surface area contributed by atoms with E-state index >= 15 is 0 Å². The van der Waals surface area contributed by atoms with Crippen molar-refractivity contribution in [3.8, 4) is 0 Å². The van der Waals surface area contributed by atoms with Gasteiger partial charge in [-0.1, -0.05) is 0 Å². The van der Waals surface area contributed by atoms with Gasteiger partial charge >= 0.3 is 0 Å². The van der Waals surface area contributed by atoms with Gasteiger partial charge in [0.15, 0.2) is 0 Å². The maximum absolute atomic E-state index is 13.1. The van der Waals surface area contributed by atoms with Crippen LogP contribution < -0.4 is 5.32 Å². The fourth-order valence-electron chi connectivity index (χ4n) is 2.15. The largest absolute Gasteiger partial charge is 0.361 e. The molecule has 0 aliphatic carbocycles. The van der Waals surface area contributed by atoms with E-state index in [0.29, 0.717) is 18.7 Å². The standard InChI is InChI=1S/C14H13FN4O/c15-10-1-2-11-9(8-17-13(11)7-10)3-5-16-14(20)12-4-6-18-19-12/h1-2,4,6-8,17H,3,5H2,(H,16,20)(H,18,19). The van der Waals surface area contributed by atoms with Gasteiger partial charge in [0.1, 0.15) is 11.5 Å². The number of amides is 1. The van der Waals surface area contributed by atoms with Crippen LogP contribution in [0.5, 0.6) is 0 Å². The molecular weight excluding hydrogens is 259 g/mol. The molecule has 2 heterocycles. The second kappa shape index (κ2) is 5.16. The molecule has 0 radical (unpaired) electrons. The predicted octanol–water partition coefficient (Wildman–Crippen LogP) is 2.00. The molecule has 0 atom stereocenters. The molecule has 0 saturated carbocycles. The molecule has 3 rings (SSSR count). The maximum atomic E-state index is 13.1. The van der Waals surface area contributed by atoms with Gasteiger partial charge in [-0.25, -0.2) is 4.39 Å². The Kier molecular flexibility index (Phi) is 3.20. The van der Waals surface area contributed by atoms with E-state index in [4.69, 9.17) is 0 Å². The molecule has 0 unspecified atom stereocenters. The SMILES string of the molecule is O=C(NCCc1c[nH]c2cc(F)ccc12)c1ccn[nH]1. The van der Waals surface area contributed by atoms with Gasteiger partial charge in [-0.05, 0) is 36.2 Å². The molecule has 5 nitrogen and oxygen atoms in total. The Balaban J connectivity index is 1.64. The summed E-state index contributed by atoms with van der Waals surface area (Å²) >= 11 is 0. The summed E-state index contributed by atoms with van der Waals surface area (Å²) in [4.78, 5) is 14.7. The van der Waals surface area contributed by atoms with Gasteiger partial charge in [0.05, 0.1) is 0 Å². The Hall–Kier alpha value is -2.63. The van der Waals surface area contributed by atoms with Crippen molar-refractivity contribution in [3.05, 3.63) is 53.7 Å². The second-order valence-electron chi connectivity index (χ2n) is 4.48. The fraction of sp³-hybridized carbons (Fsp3) is 0.143. The van der Waals surface area contributed by atoms with E-state index in [1.165, 1.54) is 18.3 Å². The quantitative estimate of drug-likeness (QED) is 0.679. The molecule has 3 aromatic rings. The summed E-state index contributed by atoms with van der Waals surface area (Å²) in [5.41, 5.74) is 2.25. The van der Waals surface area contributed by atoms with Crippen molar-refractivity contribution in [3.63, 3.8) is 0 Å². The zero-order valence-corrected chi connectivity index (χ0v) is 10.6. The molecule has 1 aromatic carbocycles. The van der Waals surface area contributed by atoms with Gasteiger partial charge in [-0.2, -0.15) is 5.10 Å². The van der Waals surface area contributed by atoms with E-state index in [-0.39, 0.29) is 11.7 Å². The summed E-state index contributed by atoms with van der Waals surface area (Å²) in [6, 6.07) is 6.25. The molecule has 0 bridgehead atoms. The van der Waals surface area contributed by atoms with Crippen LogP contribution in [-0.2, 0) is 6.42 Å². The van der Waals surface area contributed by atoms with Gasteiger partial charge in [0.2, 0.25) is 0 Å². The Morgan fingerprint density at radius 2 is 2.25 bits per heavy atom. The number of rotatable bonds is 4. The van der Waals surface area contributed by atoms with Crippen molar-refractivity contribution in [2.45, 2.75) is 6.42 Å². The van der Waals surface area contributed by atoms with Crippen molar-refractivity contribution < 1.29 is 9.18 Å².